The average Bonchev–Trinajstić information content (AvgIpc) is 2.91. The number of sulfonamides is 1. The van der Waals surface area contributed by atoms with Crippen LogP contribution in [0, 0.1) is 25.5 Å². The third-order valence-electron chi connectivity index (χ3n) is 5.65. The molecule has 166 valence electrons. The van der Waals surface area contributed by atoms with Crippen LogP contribution in [0.3, 0.4) is 0 Å². The molecule has 1 aromatic heterocycles. The molecule has 1 aliphatic rings. The summed E-state index contributed by atoms with van der Waals surface area (Å²) in [5, 5.41) is 4.13. The number of nitrogens with one attached hydrogen (secondary N) is 1. The van der Waals surface area contributed by atoms with E-state index in [2.05, 4.69) is 26.7 Å². The molecule has 10 heteroatoms. The van der Waals surface area contributed by atoms with Crippen molar-refractivity contribution < 1.29 is 17.2 Å². The minimum Gasteiger partial charge on any atom is -0.304 e. The first kappa shape index (κ1) is 22.6. The van der Waals surface area contributed by atoms with Gasteiger partial charge >= 0.3 is 0 Å². The Bertz CT molecular complexity index is 1010. The molecule has 0 atom stereocenters. The summed E-state index contributed by atoms with van der Waals surface area (Å²) in [6.07, 6.45) is 1.03. The smallest absolute Gasteiger partial charge is 0.265 e. The predicted octanol–water partition coefficient (Wildman–Crippen LogP) is 2.30. The molecule has 0 radical (unpaired) electrons. The second kappa shape index (κ2) is 8.99. The van der Waals surface area contributed by atoms with Gasteiger partial charge in [0.05, 0.1) is 17.1 Å². The summed E-state index contributed by atoms with van der Waals surface area (Å²) < 4.78 is 58.4. The van der Waals surface area contributed by atoms with Crippen molar-refractivity contribution in [1.29, 1.82) is 0 Å². The van der Waals surface area contributed by atoms with Crippen molar-refractivity contribution in [3.63, 3.8) is 0 Å². The van der Waals surface area contributed by atoms with Crippen molar-refractivity contribution in [1.82, 2.24) is 19.6 Å². The fourth-order valence-electron chi connectivity index (χ4n) is 3.64. The first-order valence-corrected chi connectivity index (χ1v) is 11.5. The van der Waals surface area contributed by atoms with E-state index in [-0.39, 0.29) is 11.3 Å². The molecule has 0 amide bonds. The number of benzene rings is 1. The van der Waals surface area contributed by atoms with Crippen LogP contribution in [-0.2, 0) is 23.5 Å². The van der Waals surface area contributed by atoms with Gasteiger partial charge in [0.2, 0.25) is 0 Å². The Balaban J connectivity index is 1.70. The number of aryl methyl sites for hydroxylation is 3. The van der Waals surface area contributed by atoms with Crippen molar-refractivity contribution in [2.75, 3.05) is 44.5 Å². The highest BCUT2D eigenvalue weighted by Crippen LogP contribution is 2.26. The minimum absolute atomic E-state index is 0.189. The van der Waals surface area contributed by atoms with Crippen LogP contribution in [0.1, 0.15) is 23.4 Å². The van der Waals surface area contributed by atoms with Gasteiger partial charge in [-0.25, -0.2) is 17.2 Å². The van der Waals surface area contributed by atoms with Gasteiger partial charge in [-0.15, -0.1) is 0 Å². The van der Waals surface area contributed by atoms with E-state index in [0.717, 1.165) is 44.9 Å². The molecule has 0 spiro atoms. The summed E-state index contributed by atoms with van der Waals surface area (Å²) in [5.41, 5.74) is 1.50. The molecule has 0 unspecified atom stereocenters. The maximum absolute atomic E-state index is 14.6. The molecule has 7 nitrogen and oxygen atoms in total. The second-order valence-electron chi connectivity index (χ2n) is 7.90. The van der Waals surface area contributed by atoms with Crippen LogP contribution in [-0.4, -0.2) is 67.8 Å². The molecule has 3 rings (SSSR count). The zero-order valence-corrected chi connectivity index (χ0v) is 18.7. The van der Waals surface area contributed by atoms with Crippen LogP contribution in [0.25, 0.3) is 0 Å². The van der Waals surface area contributed by atoms with Gasteiger partial charge in [-0.05, 0) is 58.0 Å². The number of nitrogens with zero attached hydrogens (tertiary/aromatic N) is 4. The highest BCUT2D eigenvalue weighted by molar-refractivity contribution is 7.92. The quantitative estimate of drug-likeness (QED) is 0.714. The molecular formula is C20H29F2N5O2S. The minimum atomic E-state index is -4.29. The summed E-state index contributed by atoms with van der Waals surface area (Å²) in [4.78, 5) is 3.86. The maximum Gasteiger partial charge on any atom is 0.265 e. The summed E-state index contributed by atoms with van der Waals surface area (Å²) in [5.74, 6) is -1.67. The first-order valence-electron chi connectivity index (χ1n) is 10.0. The second-order valence-corrected chi connectivity index (χ2v) is 9.55. The zero-order valence-electron chi connectivity index (χ0n) is 17.9. The maximum atomic E-state index is 14.6. The lowest BCUT2D eigenvalue weighted by molar-refractivity contribution is 0.153. The Hall–Kier alpha value is -2.04. The SMILES string of the molecule is Cc1nn(C)c(C)c1NS(=O)(=O)c1cc(F)c(CCCN2CCN(C)CC2)cc1F. The Labute approximate surface area is 176 Å². The zero-order chi connectivity index (χ0) is 22.1. The number of halogens is 2. The van der Waals surface area contributed by atoms with Gasteiger partial charge in [0, 0.05) is 33.2 Å². The summed E-state index contributed by atoms with van der Waals surface area (Å²) in [6, 6.07) is 1.76. The van der Waals surface area contributed by atoms with E-state index >= 15 is 0 Å². The molecule has 30 heavy (non-hydrogen) atoms. The van der Waals surface area contributed by atoms with Crippen LogP contribution in [0.4, 0.5) is 14.5 Å². The van der Waals surface area contributed by atoms with Gasteiger partial charge in [0.1, 0.15) is 16.5 Å². The van der Waals surface area contributed by atoms with E-state index in [9.17, 15) is 17.2 Å². The number of hydrogen-bond donors (Lipinski definition) is 1. The first-order chi connectivity index (χ1) is 14.1. The third-order valence-corrected chi connectivity index (χ3v) is 7.02. The molecular weight excluding hydrogens is 412 g/mol. The highest BCUT2D eigenvalue weighted by atomic mass is 32.2. The Morgan fingerprint density at radius 2 is 1.73 bits per heavy atom. The van der Waals surface area contributed by atoms with Gasteiger partial charge in [-0.3, -0.25) is 9.40 Å². The van der Waals surface area contributed by atoms with Gasteiger partial charge < -0.3 is 9.80 Å². The van der Waals surface area contributed by atoms with Crippen LogP contribution >= 0.6 is 0 Å². The van der Waals surface area contributed by atoms with Crippen LogP contribution in [0.2, 0.25) is 0 Å². The predicted molar refractivity (Wildman–Crippen MR) is 112 cm³/mol. The van der Waals surface area contributed by atoms with E-state index in [1.165, 1.54) is 4.68 Å². The van der Waals surface area contributed by atoms with E-state index < -0.39 is 26.6 Å². The Morgan fingerprint density at radius 3 is 2.33 bits per heavy atom. The third kappa shape index (κ3) is 4.98. The van der Waals surface area contributed by atoms with Crippen LogP contribution in [0.15, 0.2) is 17.0 Å². The normalized spacial score (nSPS) is 16.2. The van der Waals surface area contributed by atoms with Gasteiger partial charge in [-0.2, -0.15) is 5.10 Å². The number of piperazine rings is 1. The van der Waals surface area contributed by atoms with Crippen LogP contribution in [0.5, 0.6) is 0 Å². The molecule has 1 saturated heterocycles. The number of aromatic nitrogens is 2. The van der Waals surface area contributed by atoms with Crippen molar-refractivity contribution in [3.05, 3.63) is 40.7 Å². The summed E-state index contributed by atoms with van der Waals surface area (Å²) in [7, 11) is -0.531. The number of hydrogen-bond acceptors (Lipinski definition) is 5. The van der Waals surface area contributed by atoms with Crippen molar-refractivity contribution in [2.24, 2.45) is 7.05 Å². The molecule has 0 bridgehead atoms. The van der Waals surface area contributed by atoms with Gasteiger partial charge in [0.15, 0.2) is 0 Å². The Kier molecular flexibility index (Phi) is 6.78. The largest absolute Gasteiger partial charge is 0.304 e. The van der Waals surface area contributed by atoms with Crippen molar-refractivity contribution in [2.45, 2.75) is 31.6 Å². The Morgan fingerprint density at radius 1 is 1.07 bits per heavy atom. The number of likely N-dealkylation sites (N-methyl/N-ethyl adjacent to an activating group) is 1. The molecule has 1 fully saturated rings. The molecule has 1 aromatic carbocycles. The lowest BCUT2D eigenvalue weighted by atomic mass is 10.1. The lowest BCUT2D eigenvalue weighted by Gasteiger charge is -2.32. The number of anilines is 1. The molecule has 0 saturated carbocycles. The monoisotopic (exact) mass is 441 g/mol. The highest BCUT2D eigenvalue weighted by Gasteiger charge is 2.25. The fraction of sp³-hybridized carbons (Fsp3) is 0.550. The van der Waals surface area contributed by atoms with Crippen LogP contribution < -0.4 is 4.72 Å². The standard InChI is InChI=1S/C20H29F2N5O2S/c1-14-20(15(2)26(4)23-14)24-30(28,29)19-13-17(21)16(12-18(19)22)6-5-7-27-10-8-25(3)9-11-27/h12-13,24H,5-11H2,1-4H3. The lowest BCUT2D eigenvalue weighted by Crippen LogP contribution is -2.44. The summed E-state index contributed by atoms with van der Waals surface area (Å²) in [6.45, 7) is 8.06. The average molecular weight is 442 g/mol. The van der Waals surface area contributed by atoms with Crippen molar-refractivity contribution in [3.8, 4) is 0 Å². The molecule has 2 aromatic rings. The van der Waals surface area contributed by atoms with E-state index in [1.807, 2.05) is 0 Å². The molecule has 2 heterocycles. The van der Waals surface area contributed by atoms with E-state index in [0.29, 0.717) is 24.2 Å². The fourth-order valence-corrected chi connectivity index (χ4v) is 4.89. The summed E-state index contributed by atoms with van der Waals surface area (Å²) >= 11 is 0. The van der Waals surface area contributed by atoms with E-state index in [4.69, 9.17) is 0 Å². The molecule has 0 aliphatic carbocycles. The topological polar surface area (TPSA) is 70.5 Å². The van der Waals surface area contributed by atoms with E-state index in [1.54, 1.807) is 20.9 Å². The van der Waals surface area contributed by atoms with Crippen molar-refractivity contribution >= 4 is 15.7 Å². The van der Waals surface area contributed by atoms with Gasteiger partial charge in [-0.1, -0.05) is 0 Å². The molecule has 1 aliphatic heterocycles. The van der Waals surface area contributed by atoms with Gasteiger partial charge in [0.25, 0.3) is 10.0 Å². The molecule has 1 N–H and O–H groups in total. The number of rotatable bonds is 7.